The first-order valence-corrected chi connectivity index (χ1v) is 9.37. The fourth-order valence-electron chi connectivity index (χ4n) is 2.17. The minimum Gasteiger partial charge on any atom is -0.473 e. The molecule has 9 heteroatoms. The summed E-state index contributed by atoms with van der Waals surface area (Å²) in [7, 11) is 0. The summed E-state index contributed by atoms with van der Waals surface area (Å²) in [4.78, 5) is 34.4. The van der Waals surface area contributed by atoms with E-state index >= 15 is 0 Å². The molecule has 1 N–H and O–H groups in total. The first-order valence-electron chi connectivity index (χ1n) is 8.23. The number of hydrogen-bond acceptors (Lipinski definition) is 5. The van der Waals surface area contributed by atoms with Crippen LogP contribution in [-0.4, -0.2) is 29.6 Å². The lowest BCUT2D eigenvalue weighted by molar-refractivity contribution is -0.158. The zero-order valence-corrected chi connectivity index (χ0v) is 17.5. The minimum absolute atomic E-state index is 0.0612. The Hall–Kier alpha value is -1.50. The van der Waals surface area contributed by atoms with Crippen LogP contribution in [0.4, 0.5) is 0 Å². The van der Waals surface area contributed by atoms with E-state index in [2.05, 4.69) is 25.5 Å². The van der Waals surface area contributed by atoms with Crippen molar-refractivity contribution >= 4 is 52.7 Å². The fraction of sp³-hybridized carbons (Fsp3) is 0.500. The van der Waals surface area contributed by atoms with Crippen molar-refractivity contribution in [3.05, 3.63) is 26.7 Å². The summed E-state index contributed by atoms with van der Waals surface area (Å²) in [5, 5.41) is 8.13. The van der Waals surface area contributed by atoms with Gasteiger partial charge in [0.05, 0.1) is 21.7 Å². The maximum Gasteiger partial charge on any atom is 0.422 e. The van der Waals surface area contributed by atoms with E-state index in [1.54, 1.807) is 0 Å². The molecule has 0 saturated carbocycles. The Morgan fingerprint density at radius 3 is 2.22 bits per heavy atom. The molecule has 0 saturated heterocycles. The quantitative estimate of drug-likeness (QED) is 0.201. The van der Waals surface area contributed by atoms with Gasteiger partial charge in [-0.3, -0.25) is 0 Å². The SMILES string of the molecule is CC(C)(C)CCCCCOC(=O)c1c(Cl)c(Cl)cc(Cl)c1OC(=O)C(=O)O. The molecule has 0 bridgehead atoms. The molecule has 0 atom stereocenters. The van der Waals surface area contributed by atoms with Gasteiger partial charge in [-0.05, 0) is 24.3 Å². The molecule has 0 amide bonds. The predicted octanol–water partition coefficient (Wildman–Crippen LogP) is 5.40. The highest BCUT2D eigenvalue weighted by Crippen LogP contribution is 2.39. The number of hydrogen-bond donors (Lipinski definition) is 1. The summed E-state index contributed by atoms with van der Waals surface area (Å²) in [5.41, 5.74) is -0.150. The first kappa shape index (κ1) is 23.5. The molecule has 1 rings (SSSR count). The van der Waals surface area contributed by atoms with Gasteiger partial charge in [-0.15, -0.1) is 0 Å². The summed E-state index contributed by atoms with van der Waals surface area (Å²) < 4.78 is 9.82. The number of esters is 2. The second-order valence-electron chi connectivity index (χ2n) is 7.06. The Morgan fingerprint density at radius 2 is 1.67 bits per heavy atom. The number of carboxylic acid groups (broad SMARTS) is 1. The zero-order chi connectivity index (χ0) is 20.8. The highest BCUT2D eigenvalue weighted by Gasteiger charge is 2.27. The maximum absolute atomic E-state index is 12.4. The Labute approximate surface area is 172 Å². The van der Waals surface area contributed by atoms with E-state index in [1.807, 2.05) is 0 Å². The van der Waals surface area contributed by atoms with Gasteiger partial charge in [0.15, 0.2) is 5.75 Å². The molecule has 0 aromatic heterocycles. The first-order chi connectivity index (χ1) is 12.4. The molecule has 1 aromatic rings. The molecule has 0 heterocycles. The molecule has 0 spiro atoms. The lowest BCUT2D eigenvalue weighted by Gasteiger charge is -2.17. The number of unbranched alkanes of at least 4 members (excludes halogenated alkanes) is 2. The third-order valence-corrected chi connectivity index (χ3v) is 4.57. The summed E-state index contributed by atoms with van der Waals surface area (Å²) in [6.45, 7) is 6.57. The van der Waals surface area contributed by atoms with Crippen LogP contribution in [0.1, 0.15) is 56.8 Å². The van der Waals surface area contributed by atoms with Gasteiger partial charge in [-0.25, -0.2) is 14.4 Å². The van der Waals surface area contributed by atoms with E-state index in [1.165, 1.54) is 0 Å². The zero-order valence-electron chi connectivity index (χ0n) is 15.2. The molecule has 0 aliphatic carbocycles. The van der Waals surface area contributed by atoms with Crippen molar-refractivity contribution in [3.63, 3.8) is 0 Å². The van der Waals surface area contributed by atoms with Crippen LogP contribution in [0.2, 0.25) is 15.1 Å². The van der Waals surface area contributed by atoms with Crippen molar-refractivity contribution in [1.82, 2.24) is 0 Å². The summed E-state index contributed by atoms with van der Waals surface area (Å²) >= 11 is 17.8. The highest BCUT2D eigenvalue weighted by atomic mass is 35.5. The fourth-order valence-corrected chi connectivity index (χ4v) is 2.89. The van der Waals surface area contributed by atoms with Crippen LogP contribution in [-0.2, 0) is 14.3 Å². The van der Waals surface area contributed by atoms with Gasteiger partial charge >= 0.3 is 17.9 Å². The van der Waals surface area contributed by atoms with Gasteiger partial charge in [0.1, 0.15) is 5.56 Å². The molecule has 1 aromatic carbocycles. The van der Waals surface area contributed by atoms with Crippen LogP contribution in [0.25, 0.3) is 0 Å². The molecule has 0 aliphatic rings. The third kappa shape index (κ3) is 7.56. The van der Waals surface area contributed by atoms with Crippen molar-refractivity contribution in [2.45, 2.75) is 46.5 Å². The van der Waals surface area contributed by atoms with Crippen LogP contribution >= 0.6 is 34.8 Å². The van der Waals surface area contributed by atoms with Crippen molar-refractivity contribution in [2.24, 2.45) is 5.41 Å². The van der Waals surface area contributed by atoms with Crippen molar-refractivity contribution in [2.75, 3.05) is 6.61 Å². The highest BCUT2D eigenvalue weighted by molar-refractivity contribution is 6.46. The molecular weight excluding hydrogens is 419 g/mol. The molecule has 0 fully saturated rings. The summed E-state index contributed by atoms with van der Waals surface area (Å²) in [6.07, 6.45) is 3.55. The monoisotopic (exact) mass is 438 g/mol. The number of carboxylic acids is 1. The van der Waals surface area contributed by atoms with Gasteiger partial charge in [0.25, 0.3) is 0 Å². The number of carbonyl (C=O) groups excluding carboxylic acids is 2. The summed E-state index contributed by atoms with van der Waals surface area (Å²) in [5.74, 6) is -4.88. The van der Waals surface area contributed by atoms with E-state index in [4.69, 9.17) is 44.6 Å². The number of carbonyl (C=O) groups is 3. The average Bonchev–Trinajstić information content (AvgIpc) is 2.54. The van der Waals surface area contributed by atoms with Crippen LogP contribution in [0, 0.1) is 5.41 Å². The van der Waals surface area contributed by atoms with E-state index in [0.29, 0.717) is 6.42 Å². The number of halogens is 3. The topological polar surface area (TPSA) is 89.9 Å². The average molecular weight is 440 g/mol. The number of ether oxygens (including phenoxy) is 2. The number of aliphatic carboxylic acids is 1. The van der Waals surface area contributed by atoms with Gasteiger partial charge < -0.3 is 14.6 Å². The molecule has 0 unspecified atom stereocenters. The van der Waals surface area contributed by atoms with Crippen molar-refractivity contribution in [1.29, 1.82) is 0 Å². The standard InChI is InChI=1S/C18H21Cl3O6/c1-18(2,3)7-5-4-6-8-26-16(24)12-13(21)10(19)9-11(20)14(12)27-17(25)15(22)23/h9H,4-8H2,1-3H3,(H,22,23). The van der Waals surface area contributed by atoms with Crippen LogP contribution < -0.4 is 4.74 Å². The van der Waals surface area contributed by atoms with Gasteiger partial charge in [0, 0.05) is 0 Å². The molecule has 0 aliphatic heterocycles. The lowest BCUT2D eigenvalue weighted by atomic mass is 9.89. The van der Waals surface area contributed by atoms with Crippen molar-refractivity contribution in [3.8, 4) is 5.75 Å². The number of rotatable bonds is 7. The molecular formula is C18H21Cl3O6. The third-order valence-electron chi connectivity index (χ3n) is 3.50. The molecule has 0 radical (unpaired) electrons. The molecule has 27 heavy (non-hydrogen) atoms. The van der Waals surface area contributed by atoms with Gasteiger partial charge in [0.2, 0.25) is 0 Å². The van der Waals surface area contributed by atoms with Crippen LogP contribution in [0.3, 0.4) is 0 Å². The summed E-state index contributed by atoms with van der Waals surface area (Å²) in [6, 6.07) is 1.14. The van der Waals surface area contributed by atoms with Crippen molar-refractivity contribution < 1.29 is 29.0 Å². The second kappa shape index (κ2) is 10.2. The largest absolute Gasteiger partial charge is 0.473 e. The maximum atomic E-state index is 12.4. The molecule has 150 valence electrons. The van der Waals surface area contributed by atoms with E-state index < -0.39 is 29.2 Å². The van der Waals surface area contributed by atoms with E-state index in [9.17, 15) is 14.4 Å². The van der Waals surface area contributed by atoms with Gasteiger partial charge in [-0.2, -0.15) is 0 Å². The van der Waals surface area contributed by atoms with Crippen LogP contribution in [0.15, 0.2) is 6.07 Å². The normalized spacial score (nSPS) is 11.2. The Bertz CT molecular complexity index is 725. The minimum atomic E-state index is -1.85. The Kier molecular flexibility index (Phi) is 8.85. The van der Waals surface area contributed by atoms with Crippen LogP contribution in [0.5, 0.6) is 5.75 Å². The van der Waals surface area contributed by atoms with E-state index in [-0.39, 0.29) is 27.1 Å². The van der Waals surface area contributed by atoms with E-state index in [0.717, 1.165) is 25.3 Å². The molecule has 6 nitrogen and oxygen atoms in total. The van der Waals surface area contributed by atoms with Gasteiger partial charge in [-0.1, -0.05) is 68.4 Å². The smallest absolute Gasteiger partial charge is 0.422 e. The second-order valence-corrected chi connectivity index (χ2v) is 8.25. The Morgan fingerprint density at radius 1 is 1.04 bits per heavy atom. The Balaban J connectivity index is 2.83. The number of benzene rings is 1. The predicted molar refractivity (Wildman–Crippen MR) is 103 cm³/mol. The lowest BCUT2D eigenvalue weighted by Crippen LogP contribution is -2.21.